The van der Waals surface area contributed by atoms with E-state index in [0.29, 0.717) is 40.8 Å². The van der Waals surface area contributed by atoms with Gasteiger partial charge in [-0.25, -0.2) is 0 Å². The van der Waals surface area contributed by atoms with Gasteiger partial charge in [-0.2, -0.15) is 0 Å². The van der Waals surface area contributed by atoms with E-state index in [2.05, 4.69) is 15.5 Å². The molecule has 0 saturated heterocycles. The van der Waals surface area contributed by atoms with Crippen LogP contribution in [0, 0.1) is 0 Å². The van der Waals surface area contributed by atoms with Gasteiger partial charge in [0.05, 0.1) is 11.8 Å². The minimum atomic E-state index is -0.280. The molecule has 0 aliphatic rings. The highest BCUT2D eigenvalue weighted by molar-refractivity contribution is 6.06. The number of hydrogen-bond acceptors (Lipinski definition) is 6. The third kappa shape index (κ3) is 4.67. The normalized spacial score (nSPS) is 10.7. The number of carbonyl (C=O) groups is 1. The van der Waals surface area contributed by atoms with Crippen molar-refractivity contribution in [3.05, 3.63) is 108 Å². The summed E-state index contributed by atoms with van der Waals surface area (Å²) >= 11 is 0. The van der Waals surface area contributed by atoms with Gasteiger partial charge in [0, 0.05) is 11.3 Å². The molecule has 2 heterocycles. The Morgan fingerprint density at radius 3 is 2.52 bits per heavy atom. The largest absolute Gasteiger partial charge is 0.488 e. The predicted molar refractivity (Wildman–Crippen MR) is 123 cm³/mol. The summed E-state index contributed by atoms with van der Waals surface area (Å²) < 4.78 is 16.9. The van der Waals surface area contributed by atoms with Crippen molar-refractivity contribution in [3.63, 3.8) is 0 Å². The maximum absolute atomic E-state index is 13.0. The molecule has 0 radical (unpaired) electrons. The first-order chi connectivity index (χ1) is 16.3. The minimum absolute atomic E-state index is 0.280. The van der Waals surface area contributed by atoms with Crippen molar-refractivity contribution >= 4 is 11.6 Å². The molecule has 162 valence electrons. The smallest absolute Gasteiger partial charge is 0.283 e. The summed E-state index contributed by atoms with van der Waals surface area (Å²) in [6.45, 7) is 0.371. The molecule has 0 unspecified atom stereocenters. The van der Waals surface area contributed by atoms with Gasteiger partial charge in [-0.15, -0.1) is 10.2 Å². The number of para-hydroxylation sites is 1. The molecule has 0 aliphatic heterocycles. The van der Waals surface area contributed by atoms with Crippen LogP contribution >= 0.6 is 0 Å². The first-order valence-corrected chi connectivity index (χ1v) is 10.3. The highest BCUT2D eigenvalue weighted by Gasteiger charge is 2.15. The van der Waals surface area contributed by atoms with Crippen molar-refractivity contribution in [1.82, 2.24) is 10.2 Å². The molecule has 7 nitrogen and oxygen atoms in total. The molecule has 1 amide bonds. The summed E-state index contributed by atoms with van der Waals surface area (Å²) in [5.41, 5.74) is 2.73. The number of nitrogens with one attached hydrogen (secondary N) is 1. The Bertz CT molecular complexity index is 1360. The summed E-state index contributed by atoms with van der Waals surface area (Å²) in [5.74, 6) is 1.33. The van der Waals surface area contributed by atoms with Crippen LogP contribution in [-0.2, 0) is 6.61 Å². The Labute approximate surface area is 189 Å². The van der Waals surface area contributed by atoms with Crippen LogP contribution in [0.2, 0.25) is 0 Å². The van der Waals surface area contributed by atoms with Crippen LogP contribution in [0.4, 0.5) is 5.69 Å². The van der Waals surface area contributed by atoms with Crippen LogP contribution < -0.4 is 10.1 Å². The molecule has 5 rings (SSSR count). The van der Waals surface area contributed by atoms with Crippen LogP contribution in [0.5, 0.6) is 5.75 Å². The summed E-state index contributed by atoms with van der Waals surface area (Å²) in [6.07, 6.45) is 1.54. The van der Waals surface area contributed by atoms with Crippen molar-refractivity contribution in [3.8, 4) is 28.9 Å². The van der Waals surface area contributed by atoms with Crippen LogP contribution in [0.1, 0.15) is 15.9 Å². The zero-order valence-corrected chi connectivity index (χ0v) is 17.5. The van der Waals surface area contributed by atoms with E-state index in [4.69, 9.17) is 13.6 Å². The average Bonchev–Trinajstić information content (AvgIpc) is 3.56. The standard InChI is InChI=1S/C26H19N3O4/c30-24(21-12-4-5-13-22(21)32-17-18-8-2-1-3-9-18)27-20-11-6-10-19(16-20)25-28-29-26(33-25)23-14-7-15-31-23/h1-16H,17H2,(H,27,30). The number of amides is 1. The van der Waals surface area contributed by atoms with Gasteiger partial charge in [-0.1, -0.05) is 48.5 Å². The molecule has 0 fully saturated rings. The lowest BCUT2D eigenvalue weighted by Crippen LogP contribution is -2.13. The van der Waals surface area contributed by atoms with Gasteiger partial charge in [0.15, 0.2) is 5.76 Å². The van der Waals surface area contributed by atoms with Crippen molar-refractivity contribution in [2.75, 3.05) is 5.32 Å². The Balaban J connectivity index is 1.32. The number of furan rings is 1. The molecule has 0 aliphatic carbocycles. The summed E-state index contributed by atoms with van der Waals surface area (Å²) in [7, 11) is 0. The van der Waals surface area contributed by atoms with E-state index < -0.39 is 0 Å². The van der Waals surface area contributed by atoms with Gasteiger partial charge >= 0.3 is 0 Å². The van der Waals surface area contributed by atoms with Crippen LogP contribution in [-0.4, -0.2) is 16.1 Å². The third-order valence-electron chi connectivity index (χ3n) is 4.89. The molecule has 0 bridgehead atoms. The fourth-order valence-corrected chi connectivity index (χ4v) is 3.28. The molecule has 5 aromatic rings. The lowest BCUT2D eigenvalue weighted by atomic mass is 10.1. The second kappa shape index (κ2) is 9.23. The SMILES string of the molecule is O=C(Nc1cccc(-c2nnc(-c3ccco3)o2)c1)c1ccccc1OCc1ccccc1. The predicted octanol–water partition coefficient (Wildman–Crippen LogP) is 5.83. The van der Waals surface area contributed by atoms with E-state index in [1.54, 1.807) is 48.5 Å². The fraction of sp³-hybridized carbons (Fsp3) is 0.0385. The summed E-state index contributed by atoms with van der Waals surface area (Å²) in [4.78, 5) is 13.0. The Kier molecular flexibility index (Phi) is 5.67. The second-order valence-corrected chi connectivity index (χ2v) is 7.20. The van der Waals surface area contributed by atoms with E-state index in [1.807, 2.05) is 42.5 Å². The zero-order valence-electron chi connectivity index (χ0n) is 17.5. The minimum Gasteiger partial charge on any atom is -0.488 e. The zero-order chi connectivity index (χ0) is 22.5. The summed E-state index contributed by atoms with van der Waals surface area (Å²) in [6, 6.07) is 27.6. The van der Waals surface area contributed by atoms with Gasteiger partial charge in [0.25, 0.3) is 11.8 Å². The van der Waals surface area contributed by atoms with E-state index in [-0.39, 0.29) is 11.8 Å². The number of hydrogen-bond donors (Lipinski definition) is 1. The van der Waals surface area contributed by atoms with Gasteiger partial charge in [-0.05, 0) is 48.0 Å². The second-order valence-electron chi connectivity index (χ2n) is 7.20. The van der Waals surface area contributed by atoms with Gasteiger partial charge in [-0.3, -0.25) is 4.79 Å². The van der Waals surface area contributed by atoms with Crippen molar-refractivity contribution in [2.24, 2.45) is 0 Å². The highest BCUT2D eigenvalue weighted by atomic mass is 16.5. The van der Waals surface area contributed by atoms with Gasteiger partial charge in [0.2, 0.25) is 5.89 Å². The van der Waals surface area contributed by atoms with Crippen molar-refractivity contribution in [2.45, 2.75) is 6.61 Å². The Morgan fingerprint density at radius 1 is 0.848 bits per heavy atom. The third-order valence-corrected chi connectivity index (χ3v) is 4.89. The topological polar surface area (TPSA) is 90.4 Å². The van der Waals surface area contributed by atoms with E-state index >= 15 is 0 Å². The number of rotatable bonds is 7. The van der Waals surface area contributed by atoms with Crippen LogP contribution in [0.15, 0.2) is 106 Å². The van der Waals surface area contributed by atoms with Crippen molar-refractivity contribution in [1.29, 1.82) is 0 Å². The molecule has 7 heteroatoms. The molecular formula is C26H19N3O4. The lowest BCUT2D eigenvalue weighted by Gasteiger charge is -2.12. The number of anilines is 1. The van der Waals surface area contributed by atoms with E-state index in [9.17, 15) is 4.79 Å². The molecule has 3 aromatic carbocycles. The van der Waals surface area contributed by atoms with E-state index in [1.165, 1.54) is 6.26 Å². The maximum atomic E-state index is 13.0. The molecule has 1 N–H and O–H groups in total. The number of nitrogens with zero attached hydrogens (tertiary/aromatic N) is 2. The first-order valence-electron chi connectivity index (χ1n) is 10.3. The molecule has 2 aromatic heterocycles. The summed E-state index contributed by atoms with van der Waals surface area (Å²) in [5, 5.41) is 11.0. The average molecular weight is 437 g/mol. The lowest BCUT2D eigenvalue weighted by molar-refractivity contribution is 0.102. The van der Waals surface area contributed by atoms with Crippen LogP contribution in [0.3, 0.4) is 0 Å². The highest BCUT2D eigenvalue weighted by Crippen LogP contribution is 2.27. The quantitative estimate of drug-likeness (QED) is 0.345. The molecule has 0 spiro atoms. The van der Waals surface area contributed by atoms with E-state index in [0.717, 1.165) is 5.56 Å². The first kappa shape index (κ1) is 20.3. The Hall–Kier alpha value is -4.65. The molecule has 33 heavy (non-hydrogen) atoms. The maximum Gasteiger partial charge on any atom is 0.283 e. The van der Waals surface area contributed by atoms with Crippen LogP contribution in [0.25, 0.3) is 23.1 Å². The molecule has 0 saturated carbocycles. The number of benzene rings is 3. The van der Waals surface area contributed by atoms with Gasteiger partial charge in [0.1, 0.15) is 12.4 Å². The number of carbonyl (C=O) groups excluding carboxylic acids is 1. The van der Waals surface area contributed by atoms with Gasteiger partial charge < -0.3 is 18.9 Å². The molecular weight excluding hydrogens is 418 g/mol. The van der Waals surface area contributed by atoms with Crippen molar-refractivity contribution < 1.29 is 18.4 Å². The number of ether oxygens (including phenoxy) is 1. The molecule has 0 atom stereocenters. The Morgan fingerprint density at radius 2 is 1.67 bits per heavy atom. The monoisotopic (exact) mass is 437 g/mol. The number of aromatic nitrogens is 2. The fourth-order valence-electron chi connectivity index (χ4n) is 3.28.